The smallest absolute Gasteiger partial charge is 0.159 e. The number of aromatic nitrogens is 2. The fourth-order valence-corrected chi connectivity index (χ4v) is 2.56. The van der Waals surface area contributed by atoms with Gasteiger partial charge in [-0.25, -0.2) is 18.7 Å². The molecule has 1 aromatic heterocycles. The average Bonchev–Trinajstić information content (AvgIpc) is 2.53. The Hall–Kier alpha value is -2.44. The summed E-state index contributed by atoms with van der Waals surface area (Å²) >= 11 is 0. The van der Waals surface area contributed by atoms with Crippen molar-refractivity contribution >= 4 is 23.0 Å². The van der Waals surface area contributed by atoms with E-state index in [1.807, 2.05) is 0 Å². The zero-order valence-electron chi connectivity index (χ0n) is 12.0. The van der Waals surface area contributed by atoms with E-state index in [4.69, 9.17) is 5.73 Å². The van der Waals surface area contributed by atoms with Crippen LogP contribution < -0.4 is 16.0 Å². The average molecular weight is 305 g/mol. The van der Waals surface area contributed by atoms with Gasteiger partial charge in [-0.2, -0.15) is 0 Å². The van der Waals surface area contributed by atoms with Crippen LogP contribution in [0.15, 0.2) is 24.5 Å². The molecule has 0 radical (unpaired) electrons. The first-order chi connectivity index (χ1) is 10.6. The minimum Gasteiger partial charge on any atom is -0.393 e. The van der Waals surface area contributed by atoms with Gasteiger partial charge in [0.1, 0.15) is 23.6 Å². The number of nitrogens with zero attached hydrogens (tertiary/aromatic N) is 3. The van der Waals surface area contributed by atoms with Gasteiger partial charge in [0.15, 0.2) is 11.6 Å². The number of nitrogen functional groups attached to an aromatic ring is 1. The molecule has 0 bridgehead atoms. The molecule has 1 fully saturated rings. The Labute approximate surface area is 127 Å². The number of nitrogens with two attached hydrogens (primary N) is 1. The summed E-state index contributed by atoms with van der Waals surface area (Å²) in [6, 6.07) is 3.30. The first-order valence-corrected chi connectivity index (χ1v) is 7.22. The Bertz CT molecular complexity index is 671. The third-order valence-electron chi connectivity index (χ3n) is 3.70. The zero-order chi connectivity index (χ0) is 15.5. The van der Waals surface area contributed by atoms with Gasteiger partial charge in [-0.1, -0.05) is 0 Å². The molecular weight excluding hydrogens is 288 g/mol. The molecule has 7 heteroatoms. The number of anilines is 4. The second-order valence-corrected chi connectivity index (χ2v) is 5.26. The van der Waals surface area contributed by atoms with Crippen molar-refractivity contribution in [3.63, 3.8) is 0 Å². The highest BCUT2D eigenvalue weighted by Gasteiger charge is 2.18. The molecule has 3 rings (SSSR count). The highest BCUT2D eigenvalue weighted by Crippen LogP contribution is 2.30. The first-order valence-electron chi connectivity index (χ1n) is 7.22. The molecule has 22 heavy (non-hydrogen) atoms. The number of hydrogen-bond acceptors (Lipinski definition) is 5. The van der Waals surface area contributed by atoms with Crippen LogP contribution in [0.2, 0.25) is 0 Å². The summed E-state index contributed by atoms with van der Waals surface area (Å²) in [5.41, 5.74) is 6.61. The van der Waals surface area contributed by atoms with Gasteiger partial charge >= 0.3 is 0 Å². The van der Waals surface area contributed by atoms with Crippen molar-refractivity contribution in [3.05, 3.63) is 36.2 Å². The van der Waals surface area contributed by atoms with Gasteiger partial charge in [-0.05, 0) is 31.4 Å². The standard InChI is InChI=1S/C15H17F2N5/c16-10-4-5-12(11(17)8-10)21-14-13(18)15(20-9-19-14)22-6-2-1-3-7-22/h4-5,8-9H,1-3,6-7,18H2,(H,19,20,21). The van der Waals surface area contributed by atoms with Gasteiger partial charge in [0.05, 0.1) is 5.69 Å². The van der Waals surface area contributed by atoms with Crippen molar-refractivity contribution in [2.24, 2.45) is 0 Å². The number of piperidine rings is 1. The Balaban J connectivity index is 1.87. The van der Waals surface area contributed by atoms with E-state index in [2.05, 4.69) is 20.2 Å². The minimum absolute atomic E-state index is 0.122. The Kier molecular flexibility index (Phi) is 4.04. The number of benzene rings is 1. The molecule has 1 saturated heterocycles. The quantitative estimate of drug-likeness (QED) is 0.912. The SMILES string of the molecule is Nc1c(Nc2ccc(F)cc2F)ncnc1N1CCCCC1. The zero-order valence-corrected chi connectivity index (χ0v) is 12.0. The van der Waals surface area contributed by atoms with E-state index in [-0.39, 0.29) is 5.69 Å². The summed E-state index contributed by atoms with van der Waals surface area (Å²) in [5, 5.41) is 2.80. The summed E-state index contributed by atoms with van der Waals surface area (Å²) in [7, 11) is 0. The van der Waals surface area contributed by atoms with Crippen LogP contribution in [0.3, 0.4) is 0 Å². The highest BCUT2D eigenvalue weighted by molar-refractivity contribution is 5.78. The topological polar surface area (TPSA) is 67.1 Å². The van der Waals surface area contributed by atoms with Gasteiger partial charge in [-0.3, -0.25) is 0 Å². The van der Waals surface area contributed by atoms with Crippen molar-refractivity contribution in [2.75, 3.05) is 29.0 Å². The van der Waals surface area contributed by atoms with E-state index in [1.54, 1.807) is 0 Å². The second-order valence-electron chi connectivity index (χ2n) is 5.26. The fraction of sp³-hybridized carbons (Fsp3) is 0.333. The van der Waals surface area contributed by atoms with Crippen molar-refractivity contribution < 1.29 is 8.78 Å². The van der Waals surface area contributed by atoms with E-state index in [0.29, 0.717) is 17.3 Å². The predicted molar refractivity (Wildman–Crippen MR) is 82.1 cm³/mol. The maximum Gasteiger partial charge on any atom is 0.159 e. The molecule has 2 aromatic rings. The lowest BCUT2D eigenvalue weighted by molar-refractivity contribution is 0.573. The third kappa shape index (κ3) is 2.93. The fourth-order valence-electron chi connectivity index (χ4n) is 2.56. The van der Waals surface area contributed by atoms with E-state index in [0.717, 1.165) is 32.0 Å². The highest BCUT2D eigenvalue weighted by atomic mass is 19.1. The summed E-state index contributed by atoms with van der Waals surface area (Å²) in [6.07, 6.45) is 4.79. The summed E-state index contributed by atoms with van der Waals surface area (Å²) in [5.74, 6) is -0.356. The first kappa shape index (κ1) is 14.5. The van der Waals surface area contributed by atoms with E-state index < -0.39 is 11.6 Å². The molecule has 0 amide bonds. The van der Waals surface area contributed by atoms with Crippen molar-refractivity contribution in [2.45, 2.75) is 19.3 Å². The molecule has 0 spiro atoms. The van der Waals surface area contributed by atoms with Crippen LogP contribution in [0.1, 0.15) is 19.3 Å². The van der Waals surface area contributed by atoms with Crippen LogP contribution in [-0.4, -0.2) is 23.1 Å². The van der Waals surface area contributed by atoms with Crippen LogP contribution in [0.4, 0.5) is 31.8 Å². The van der Waals surface area contributed by atoms with Crippen molar-refractivity contribution in [1.82, 2.24) is 9.97 Å². The van der Waals surface area contributed by atoms with Gasteiger partial charge < -0.3 is 16.0 Å². The normalized spacial score (nSPS) is 14.9. The molecule has 0 saturated carbocycles. The Morgan fingerprint density at radius 3 is 2.59 bits per heavy atom. The maximum atomic E-state index is 13.7. The molecule has 0 unspecified atom stereocenters. The lowest BCUT2D eigenvalue weighted by Crippen LogP contribution is -2.31. The van der Waals surface area contributed by atoms with Crippen molar-refractivity contribution in [1.29, 1.82) is 0 Å². The van der Waals surface area contributed by atoms with Gasteiger partial charge in [0.25, 0.3) is 0 Å². The minimum atomic E-state index is -0.697. The third-order valence-corrected chi connectivity index (χ3v) is 3.70. The number of nitrogens with one attached hydrogen (secondary N) is 1. The number of hydrogen-bond donors (Lipinski definition) is 2. The molecule has 2 heterocycles. The van der Waals surface area contributed by atoms with E-state index in [9.17, 15) is 8.78 Å². The second kappa shape index (κ2) is 6.13. The summed E-state index contributed by atoms with van der Waals surface area (Å²) in [4.78, 5) is 10.4. The lowest BCUT2D eigenvalue weighted by Gasteiger charge is -2.28. The number of rotatable bonds is 3. The monoisotopic (exact) mass is 305 g/mol. The van der Waals surface area contributed by atoms with Crippen LogP contribution in [-0.2, 0) is 0 Å². The van der Waals surface area contributed by atoms with Gasteiger partial charge in [0, 0.05) is 19.2 Å². The Morgan fingerprint density at radius 2 is 1.86 bits per heavy atom. The van der Waals surface area contributed by atoms with E-state index >= 15 is 0 Å². The summed E-state index contributed by atoms with van der Waals surface area (Å²) in [6.45, 7) is 1.79. The lowest BCUT2D eigenvalue weighted by atomic mass is 10.1. The molecule has 1 aliphatic rings. The molecule has 5 nitrogen and oxygen atoms in total. The molecule has 0 atom stereocenters. The van der Waals surface area contributed by atoms with E-state index in [1.165, 1.54) is 24.9 Å². The van der Waals surface area contributed by atoms with Gasteiger partial charge in [-0.15, -0.1) is 0 Å². The van der Waals surface area contributed by atoms with Gasteiger partial charge in [0.2, 0.25) is 0 Å². The molecular formula is C15H17F2N5. The molecule has 3 N–H and O–H groups in total. The molecule has 1 aromatic carbocycles. The van der Waals surface area contributed by atoms with Crippen LogP contribution >= 0.6 is 0 Å². The van der Waals surface area contributed by atoms with Crippen LogP contribution in [0.5, 0.6) is 0 Å². The molecule has 0 aliphatic carbocycles. The van der Waals surface area contributed by atoms with Crippen molar-refractivity contribution in [3.8, 4) is 0 Å². The largest absolute Gasteiger partial charge is 0.393 e. The number of halogens is 2. The van der Waals surface area contributed by atoms with Crippen LogP contribution in [0, 0.1) is 11.6 Å². The van der Waals surface area contributed by atoms with Crippen LogP contribution in [0.25, 0.3) is 0 Å². The maximum absolute atomic E-state index is 13.7. The molecule has 1 aliphatic heterocycles. The predicted octanol–water partition coefficient (Wildman–Crippen LogP) is 3.07. The molecule has 116 valence electrons. The summed E-state index contributed by atoms with van der Waals surface area (Å²) < 4.78 is 26.7. The Morgan fingerprint density at radius 1 is 1.09 bits per heavy atom.